The van der Waals surface area contributed by atoms with Crippen molar-refractivity contribution < 1.29 is 0 Å². The molecule has 0 spiro atoms. The van der Waals surface area contributed by atoms with E-state index in [0.717, 1.165) is 25.3 Å². The van der Waals surface area contributed by atoms with Crippen molar-refractivity contribution in [1.82, 2.24) is 4.98 Å². The van der Waals surface area contributed by atoms with Gasteiger partial charge in [0.25, 0.3) is 0 Å². The molecule has 1 aromatic rings. The average molecular weight is 224 g/mol. The summed E-state index contributed by atoms with van der Waals surface area (Å²) in [6, 6.07) is 0. The molecule has 0 amide bonds. The summed E-state index contributed by atoms with van der Waals surface area (Å²) < 4.78 is 0. The van der Waals surface area contributed by atoms with Gasteiger partial charge in [0.1, 0.15) is 0 Å². The predicted octanol–water partition coefficient (Wildman–Crippen LogP) is 3.00. The minimum atomic E-state index is 0.757. The van der Waals surface area contributed by atoms with Gasteiger partial charge in [0.15, 0.2) is 0 Å². The van der Waals surface area contributed by atoms with Gasteiger partial charge in [0, 0.05) is 17.2 Å². The minimum Gasteiger partial charge on any atom is -0.330 e. The van der Waals surface area contributed by atoms with Gasteiger partial charge in [-0.1, -0.05) is 12.8 Å². The summed E-state index contributed by atoms with van der Waals surface area (Å²) >= 11 is 1.87. The van der Waals surface area contributed by atoms with Crippen LogP contribution in [0, 0.1) is 6.92 Å². The minimum absolute atomic E-state index is 0.757. The second kappa shape index (κ2) is 5.08. The summed E-state index contributed by atoms with van der Waals surface area (Å²) in [5.74, 6) is 0.757. The Labute approximate surface area is 95.9 Å². The van der Waals surface area contributed by atoms with Crippen LogP contribution < -0.4 is 5.73 Å². The third-order valence-electron chi connectivity index (χ3n) is 3.21. The molecule has 0 unspecified atom stereocenters. The molecule has 1 heterocycles. The van der Waals surface area contributed by atoms with Crippen molar-refractivity contribution in [3.8, 4) is 0 Å². The molecule has 0 aromatic carbocycles. The number of nitrogens with two attached hydrogens (primary N) is 1. The predicted molar refractivity (Wildman–Crippen MR) is 65.4 cm³/mol. The van der Waals surface area contributed by atoms with E-state index in [-0.39, 0.29) is 0 Å². The van der Waals surface area contributed by atoms with Gasteiger partial charge < -0.3 is 5.73 Å². The molecular formula is C12H20N2S. The van der Waals surface area contributed by atoms with E-state index in [0.29, 0.717) is 0 Å². The Kier molecular flexibility index (Phi) is 3.76. The van der Waals surface area contributed by atoms with E-state index in [4.69, 9.17) is 10.7 Å². The van der Waals surface area contributed by atoms with Crippen molar-refractivity contribution >= 4 is 11.3 Å². The first-order valence-electron chi connectivity index (χ1n) is 5.97. The first kappa shape index (κ1) is 11.1. The highest BCUT2D eigenvalue weighted by Gasteiger charge is 2.21. The number of hydrogen-bond donors (Lipinski definition) is 1. The summed E-state index contributed by atoms with van der Waals surface area (Å²) in [5, 5.41) is 1.29. The third-order valence-corrected chi connectivity index (χ3v) is 4.26. The molecule has 1 aliphatic carbocycles. The lowest BCUT2D eigenvalue weighted by Crippen LogP contribution is -2.00. The molecule has 0 radical (unpaired) electrons. The summed E-state index contributed by atoms with van der Waals surface area (Å²) in [6.07, 6.45) is 7.60. The van der Waals surface area contributed by atoms with Crippen molar-refractivity contribution in [1.29, 1.82) is 0 Å². The molecular weight excluding hydrogens is 204 g/mol. The highest BCUT2D eigenvalue weighted by atomic mass is 32.1. The fourth-order valence-electron chi connectivity index (χ4n) is 2.40. The SMILES string of the molecule is Cc1sc(CCCN)nc1C1CCCC1. The van der Waals surface area contributed by atoms with E-state index in [1.165, 1.54) is 41.3 Å². The van der Waals surface area contributed by atoms with E-state index in [2.05, 4.69) is 6.92 Å². The number of aryl methyl sites for hydroxylation is 2. The summed E-state index contributed by atoms with van der Waals surface area (Å²) in [6.45, 7) is 2.99. The highest BCUT2D eigenvalue weighted by Crippen LogP contribution is 2.36. The molecule has 84 valence electrons. The average Bonchev–Trinajstić information content (AvgIpc) is 2.83. The van der Waals surface area contributed by atoms with Gasteiger partial charge in [-0.3, -0.25) is 0 Å². The van der Waals surface area contributed by atoms with Crippen LogP contribution in [0.1, 0.15) is 53.6 Å². The van der Waals surface area contributed by atoms with Crippen molar-refractivity contribution in [2.24, 2.45) is 5.73 Å². The Morgan fingerprint density at radius 3 is 2.80 bits per heavy atom. The number of nitrogens with zero attached hydrogens (tertiary/aromatic N) is 1. The fraction of sp³-hybridized carbons (Fsp3) is 0.750. The topological polar surface area (TPSA) is 38.9 Å². The Bertz CT molecular complexity index is 313. The van der Waals surface area contributed by atoms with Crippen molar-refractivity contribution in [3.05, 3.63) is 15.6 Å². The summed E-state index contributed by atoms with van der Waals surface area (Å²) in [7, 11) is 0. The van der Waals surface area contributed by atoms with Crippen molar-refractivity contribution in [2.75, 3.05) is 6.54 Å². The van der Waals surface area contributed by atoms with Gasteiger partial charge in [-0.25, -0.2) is 4.98 Å². The molecule has 0 atom stereocenters. The van der Waals surface area contributed by atoms with Crippen LogP contribution in [0.3, 0.4) is 0 Å². The Morgan fingerprint density at radius 2 is 2.13 bits per heavy atom. The number of rotatable bonds is 4. The maximum atomic E-state index is 5.52. The maximum absolute atomic E-state index is 5.52. The third kappa shape index (κ3) is 2.58. The molecule has 0 saturated heterocycles. The van der Waals surface area contributed by atoms with Crippen LogP contribution in [0.25, 0.3) is 0 Å². The lowest BCUT2D eigenvalue weighted by molar-refractivity contribution is 0.692. The lowest BCUT2D eigenvalue weighted by atomic mass is 10.0. The molecule has 1 aromatic heterocycles. The molecule has 2 N–H and O–H groups in total. The molecule has 1 saturated carbocycles. The molecule has 3 heteroatoms. The first-order chi connectivity index (χ1) is 7.31. The van der Waals surface area contributed by atoms with Crippen LogP contribution in [-0.4, -0.2) is 11.5 Å². The molecule has 0 bridgehead atoms. The van der Waals surface area contributed by atoms with Crippen LogP contribution >= 0.6 is 11.3 Å². The Balaban J connectivity index is 2.06. The highest BCUT2D eigenvalue weighted by molar-refractivity contribution is 7.11. The molecule has 2 rings (SSSR count). The molecule has 0 aliphatic heterocycles. The first-order valence-corrected chi connectivity index (χ1v) is 6.79. The van der Waals surface area contributed by atoms with Gasteiger partial charge in [-0.05, 0) is 32.7 Å². The number of thiazole rings is 1. The van der Waals surface area contributed by atoms with Crippen LogP contribution in [-0.2, 0) is 6.42 Å². The standard InChI is InChI=1S/C12H20N2S/c1-9-12(10-5-2-3-6-10)14-11(15-9)7-4-8-13/h10H,2-8,13H2,1H3. The maximum Gasteiger partial charge on any atom is 0.0931 e. The van der Waals surface area contributed by atoms with Crippen molar-refractivity contribution in [2.45, 2.75) is 51.4 Å². The molecule has 1 fully saturated rings. The van der Waals surface area contributed by atoms with E-state index in [1.807, 2.05) is 11.3 Å². The van der Waals surface area contributed by atoms with E-state index >= 15 is 0 Å². The number of aromatic nitrogens is 1. The quantitative estimate of drug-likeness (QED) is 0.854. The van der Waals surface area contributed by atoms with E-state index in [9.17, 15) is 0 Å². The zero-order valence-electron chi connectivity index (χ0n) is 9.46. The van der Waals surface area contributed by atoms with Crippen LogP contribution in [0.4, 0.5) is 0 Å². The smallest absolute Gasteiger partial charge is 0.0931 e. The normalized spacial score (nSPS) is 17.5. The second-order valence-electron chi connectivity index (χ2n) is 4.42. The molecule has 15 heavy (non-hydrogen) atoms. The van der Waals surface area contributed by atoms with Crippen LogP contribution in [0.5, 0.6) is 0 Å². The Hall–Kier alpha value is -0.410. The van der Waals surface area contributed by atoms with Crippen LogP contribution in [0.15, 0.2) is 0 Å². The van der Waals surface area contributed by atoms with E-state index in [1.54, 1.807) is 0 Å². The second-order valence-corrected chi connectivity index (χ2v) is 5.71. The van der Waals surface area contributed by atoms with Crippen LogP contribution in [0.2, 0.25) is 0 Å². The van der Waals surface area contributed by atoms with Gasteiger partial charge in [-0.2, -0.15) is 0 Å². The molecule has 1 aliphatic rings. The van der Waals surface area contributed by atoms with Gasteiger partial charge in [0.2, 0.25) is 0 Å². The number of hydrogen-bond acceptors (Lipinski definition) is 3. The molecule has 2 nitrogen and oxygen atoms in total. The largest absolute Gasteiger partial charge is 0.330 e. The van der Waals surface area contributed by atoms with Gasteiger partial charge >= 0.3 is 0 Å². The lowest BCUT2D eigenvalue weighted by Gasteiger charge is -2.05. The Morgan fingerprint density at radius 1 is 1.40 bits per heavy atom. The summed E-state index contributed by atoms with van der Waals surface area (Å²) in [4.78, 5) is 6.23. The monoisotopic (exact) mass is 224 g/mol. The van der Waals surface area contributed by atoms with Crippen molar-refractivity contribution in [3.63, 3.8) is 0 Å². The van der Waals surface area contributed by atoms with Gasteiger partial charge in [0.05, 0.1) is 10.7 Å². The zero-order valence-corrected chi connectivity index (χ0v) is 10.3. The zero-order chi connectivity index (χ0) is 10.7. The summed E-state index contributed by atoms with van der Waals surface area (Å²) in [5.41, 5.74) is 6.91. The van der Waals surface area contributed by atoms with Gasteiger partial charge in [-0.15, -0.1) is 11.3 Å². The van der Waals surface area contributed by atoms with E-state index < -0.39 is 0 Å². The fourth-order valence-corrected chi connectivity index (χ4v) is 3.46.